The highest BCUT2D eigenvalue weighted by Crippen LogP contribution is 2.18. The zero-order valence-corrected chi connectivity index (χ0v) is 12.4. The Morgan fingerprint density at radius 1 is 1.44 bits per heavy atom. The number of nitriles is 1. The summed E-state index contributed by atoms with van der Waals surface area (Å²) in [4.78, 5) is 2.23. The molecule has 0 spiro atoms. The molecule has 0 unspecified atom stereocenters. The first kappa shape index (κ1) is 15.1. The molecule has 0 amide bonds. The van der Waals surface area contributed by atoms with Crippen LogP contribution in [0, 0.1) is 23.1 Å². The highest BCUT2D eigenvalue weighted by molar-refractivity contribution is 9.10. The van der Waals surface area contributed by atoms with Crippen LogP contribution >= 0.6 is 15.9 Å². The zero-order chi connectivity index (χ0) is 13.5. The maximum atomic E-state index is 13.1. The van der Waals surface area contributed by atoms with E-state index in [0.717, 1.165) is 25.2 Å². The van der Waals surface area contributed by atoms with Gasteiger partial charge in [0.15, 0.2) is 0 Å². The third-order valence-electron chi connectivity index (χ3n) is 2.55. The lowest BCUT2D eigenvalue weighted by atomic mass is 10.1. The summed E-state index contributed by atoms with van der Waals surface area (Å²) in [6.45, 7) is 6.75. The smallest absolute Gasteiger partial charge is 0.137 e. The Bertz CT molecular complexity index is 426. The number of hydrogen-bond donors (Lipinski definition) is 0. The average Bonchev–Trinajstić information content (AvgIpc) is 2.30. The van der Waals surface area contributed by atoms with Crippen LogP contribution in [0.25, 0.3) is 0 Å². The summed E-state index contributed by atoms with van der Waals surface area (Å²) >= 11 is 3.19. The Morgan fingerprint density at radius 3 is 2.72 bits per heavy atom. The number of nitrogens with zero attached hydrogens (tertiary/aromatic N) is 2. The van der Waals surface area contributed by atoms with E-state index < -0.39 is 0 Å². The molecule has 1 aromatic rings. The lowest BCUT2D eigenvalue weighted by Gasteiger charge is -2.23. The van der Waals surface area contributed by atoms with Crippen LogP contribution in [0.2, 0.25) is 0 Å². The first-order chi connectivity index (χ1) is 8.52. The van der Waals surface area contributed by atoms with Crippen LogP contribution in [0.5, 0.6) is 0 Å². The van der Waals surface area contributed by atoms with Crippen molar-refractivity contribution in [3.8, 4) is 6.07 Å². The molecule has 0 saturated heterocycles. The molecular weight excluding hydrogens is 295 g/mol. The Kier molecular flexibility index (Phi) is 6.31. The van der Waals surface area contributed by atoms with Gasteiger partial charge in [-0.1, -0.05) is 19.9 Å². The van der Waals surface area contributed by atoms with Crippen LogP contribution in [0.15, 0.2) is 22.7 Å². The predicted molar refractivity (Wildman–Crippen MR) is 74.4 cm³/mol. The lowest BCUT2D eigenvalue weighted by Crippen LogP contribution is -2.28. The van der Waals surface area contributed by atoms with E-state index in [4.69, 9.17) is 5.26 Å². The van der Waals surface area contributed by atoms with Crippen molar-refractivity contribution in [1.29, 1.82) is 5.26 Å². The molecular formula is C14H18BrFN2. The number of rotatable bonds is 6. The minimum atomic E-state index is -0.244. The number of halogens is 2. The Morgan fingerprint density at radius 2 is 2.17 bits per heavy atom. The van der Waals surface area contributed by atoms with Gasteiger partial charge in [0.1, 0.15) is 5.82 Å². The molecule has 0 aliphatic rings. The summed E-state index contributed by atoms with van der Waals surface area (Å²) in [7, 11) is 0. The molecule has 1 rings (SSSR count). The summed E-state index contributed by atoms with van der Waals surface area (Å²) in [6.07, 6.45) is 0.523. The van der Waals surface area contributed by atoms with Crippen molar-refractivity contribution in [2.45, 2.75) is 26.8 Å². The average molecular weight is 313 g/mol. The van der Waals surface area contributed by atoms with Crippen LogP contribution in [0.4, 0.5) is 4.39 Å². The van der Waals surface area contributed by atoms with E-state index in [-0.39, 0.29) is 5.82 Å². The highest BCUT2D eigenvalue weighted by atomic mass is 79.9. The molecule has 4 heteroatoms. The fourth-order valence-electron chi connectivity index (χ4n) is 1.86. The Labute approximate surface area is 117 Å². The van der Waals surface area contributed by atoms with E-state index in [0.29, 0.717) is 16.8 Å². The summed E-state index contributed by atoms with van der Waals surface area (Å²) in [5.74, 6) is 0.304. The SMILES string of the molecule is CC(C)CN(CCC#N)Cc1ccc(F)c(Br)c1. The predicted octanol–water partition coefficient (Wildman–Crippen LogP) is 3.96. The van der Waals surface area contributed by atoms with E-state index in [1.165, 1.54) is 6.07 Å². The van der Waals surface area contributed by atoms with Gasteiger partial charge < -0.3 is 0 Å². The van der Waals surface area contributed by atoms with Gasteiger partial charge in [-0.3, -0.25) is 4.90 Å². The van der Waals surface area contributed by atoms with Gasteiger partial charge in [-0.05, 0) is 39.5 Å². The monoisotopic (exact) mass is 312 g/mol. The second-order valence-electron chi connectivity index (χ2n) is 4.79. The van der Waals surface area contributed by atoms with Crippen LogP contribution in [0.3, 0.4) is 0 Å². The van der Waals surface area contributed by atoms with Crippen molar-refractivity contribution >= 4 is 15.9 Å². The summed E-state index contributed by atoms with van der Waals surface area (Å²) in [5, 5.41) is 8.66. The molecule has 0 bridgehead atoms. The molecule has 18 heavy (non-hydrogen) atoms. The zero-order valence-electron chi connectivity index (χ0n) is 10.8. The number of benzene rings is 1. The molecule has 98 valence electrons. The van der Waals surface area contributed by atoms with Crippen molar-refractivity contribution in [3.63, 3.8) is 0 Å². The first-order valence-corrected chi connectivity index (χ1v) is 6.85. The fraction of sp³-hybridized carbons (Fsp3) is 0.500. The first-order valence-electron chi connectivity index (χ1n) is 6.06. The van der Waals surface area contributed by atoms with Crippen LogP contribution < -0.4 is 0 Å². The van der Waals surface area contributed by atoms with E-state index in [1.54, 1.807) is 12.1 Å². The second-order valence-corrected chi connectivity index (χ2v) is 5.64. The molecule has 0 heterocycles. The minimum absolute atomic E-state index is 0.244. The summed E-state index contributed by atoms with van der Waals surface area (Å²) in [5.41, 5.74) is 1.06. The van der Waals surface area contributed by atoms with E-state index in [2.05, 4.69) is 40.7 Å². The molecule has 0 atom stereocenters. The Balaban J connectivity index is 2.69. The molecule has 0 N–H and O–H groups in total. The normalized spacial score (nSPS) is 10.9. The molecule has 0 radical (unpaired) electrons. The maximum Gasteiger partial charge on any atom is 0.137 e. The second kappa shape index (κ2) is 7.50. The van der Waals surface area contributed by atoms with E-state index in [1.807, 2.05) is 0 Å². The lowest BCUT2D eigenvalue weighted by molar-refractivity contribution is 0.241. The van der Waals surface area contributed by atoms with Gasteiger partial charge in [0.25, 0.3) is 0 Å². The highest BCUT2D eigenvalue weighted by Gasteiger charge is 2.09. The van der Waals surface area contributed by atoms with Crippen LogP contribution in [0.1, 0.15) is 25.8 Å². The Hall–Kier alpha value is -0.920. The quantitative estimate of drug-likeness (QED) is 0.795. The third kappa shape index (κ3) is 5.16. The molecule has 0 aliphatic heterocycles. The number of hydrogen-bond acceptors (Lipinski definition) is 2. The van der Waals surface area contributed by atoms with Gasteiger partial charge in [-0.2, -0.15) is 5.26 Å². The fourth-order valence-corrected chi connectivity index (χ4v) is 2.28. The summed E-state index contributed by atoms with van der Waals surface area (Å²) < 4.78 is 13.6. The van der Waals surface area contributed by atoms with Crippen LogP contribution in [-0.4, -0.2) is 18.0 Å². The third-order valence-corrected chi connectivity index (χ3v) is 3.16. The van der Waals surface area contributed by atoms with Crippen molar-refractivity contribution in [2.24, 2.45) is 5.92 Å². The van der Waals surface area contributed by atoms with E-state index >= 15 is 0 Å². The van der Waals surface area contributed by atoms with Gasteiger partial charge >= 0.3 is 0 Å². The molecule has 2 nitrogen and oxygen atoms in total. The topological polar surface area (TPSA) is 27.0 Å². The molecule has 0 fully saturated rings. The minimum Gasteiger partial charge on any atom is -0.298 e. The summed E-state index contributed by atoms with van der Waals surface area (Å²) in [6, 6.07) is 7.23. The van der Waals surface area contributed by atoms with Crippen molar-refractivity contribution in [1.82, 2.24) is 4.90 Å². The molecule has 0 aromatic heterocycles. The van der Waals surface area contributed by atoms with E-state index in [9.17, 15) is 4.39 Å². The van der Waals surface area contributed by atoms with Crippen molar-refractivity contribution in [3.05, 3.63) is 34.1 Å². The van der Waals surface area contributed by atoms with Crippen LogP contribution in [-0.2, 0) is 6.54 Å². The molecule has 0 saturated carbocycles. The largest absolute Gasteiger partial charge is 0.298 e. The van der Waals surface area contributed by atoms with Crippen molar-refractivity contribution in [2.75, 3.05) is 13.1 Å². The van der Waals surface area contributed by atoms with Gasteiger partial charge in [-0.15, -0.1) is 0 Å². The van der Waals surface area contributed by atoms with Crippen molar-refractivity contribution < 1.29 is 4.39 Å². The van der Waals surface area contributed by atoms with Gasteiger partial charge in [0.2, 0.25) is 0 Å². The molecule has 0 aliphatic carbocycles. The van der Waals surface area contributed by atoms with Gasteiger partial charge in [0, 0.05) is 26.1 Å². The van der Waals surface area contributed by atoms with Gasteiger partial charge in [-0.25, -0.2) is 4.39 Å². The standard InChI is InChI=1S/C14H18BrFN2/c1-11(2)9-18(7-3-6-17)10-12-4-5-14(16)13(15)8-12/h4-5,8,11H,3,7,9-10H2,1-2H3. The van der Waals surface area contributed by atoms with Gasteiger partial charge in [0.05, 0.1) is 10.5 Å². The maximum absolute atomic E-state index is 13.1. The molecule has 1 aromatic carbocycles.